The van der Waals surface area contributed by atoms with Gasteiger partial charge in [0.25, 0.3) is 6.43 Å². The Balaban J connectivity index is 3.33. The molecule has 3 heteroatoms. The predicted molar refractivity (Wildman–Crippen MR) is 22.2 cm³/mol. The molecule has 1 N–H and O–H groups in total. The van der Waals surface area contributed by atoms with Crippen molar-refractivity contribution in [1.82, 2.24) is 0 Å². The molecule has 0 saturated carbocycles. The van der Waals surface area contributed by atoms with Crippen LogP contribution in [0.2, 0.25) is 0 Å². The van der Waals surface area contributed by atoms with Gasteiger partial charge < -0.3 is 5.11 Å². The largest absolute Gasteiger partial charge is 0.383 e. The second-order valence-corrected chi connectivity index (χ2v) is 1.06. The lowest BCUT2D eigenvalue weighted by Crippen LogP contribution is -2.12. The summed E-state index contributed by atoms with van der Waals surface area (Å²) < 4.78 is 22.2. The normalized spacial score (nSPS) is 14.3. The van der Waals surface area contributed by atoms with Crippen molar-refractivity contribution in [3.63, 3.8) is 0 Å². The summed E-state index contributed by atoms with van der Waals surface area (Å²) in [7, 11) is 0. The SMILES string of the molecule is C=CC(O)C(F)F. The van der Waals surface area contributed by atoms with Crippen molar-refractivity contribution in [2.75, 3.05) is 0 Å². The first-order chi connectivity index (χ1) is 3.18. The van der Waals surface area contributed by atoms with E-state index in [0.29, 0.717) is 0 Å². The molecule has 0 aromatic carbocycles. The number of halogens is 2. The first-order valence-electron chi connectivity index (χ1n) is 1.77. The molecule has 0 heterocycles. The van der Waals surface area contributed by atoms with Crippen LogP contribution in [0.1, 0.15) is 0 Å². The highest BCUT2D eigenvalue weighted by molar-refractivity contribution is 4.79. The Hall–Kier alpha value is -0.440. The predicted octanol–water partition coefficient (Wildman–Crippen LogP) is 0.798. The van der Waals surface area contributed by atoms with Crippen molar-refractivity contribution in [2.24, 2.45) is 0 Å². The van der Waals surface area contributed by atoms with Gasteiger partial charge in [-0.05, 0) is 0 Å². The van der Waals surface area contributed by atoms with Gasteiger partial charge in [0.1, 0.15) is 6.10 Å². The number of hydrogen-bond donors (Lipinski definition) is 1. The van der Waals surface area contributed by atoms with E-state index in [0.717, 1.165) is 6.08 Å². The lowest BCUT2D eigenvalue weighted by molar-refractivity contribution is 0.0243. The molecule has 0 saturated heterocycles. The van der Waals surface area contributed by atoms with Crippen LogP contribution in [0, 0.1) is 0 Å². The van der Waals surface area contributed by atoms with Crippen LogP contribution < -0.4 is 0 Å². The van der Waals surface area contributed by atoms with E-state index in [1.807, 2.05) is 0 Å². The van der Waals surface area contributed by atoms with Gasteiger partial charge in [0, 0.05) is 0 Å². The molecule has 42 valence electrons. The summed E-state index contributed by atoms with van der Waals surface area (Å²) in [5, 5.41) is 8.07. The molecule has 0 spiro atoms. The van der Waals surface area contributed by atoms with Gasteiger partial charge in [0.05, 0.1) is 0 Å². The van der Waals surface area contributed by atoms with Crippen molar-refractivity contribution in [1.29, 1.82) is 0 Å². The molecule has 0 amide bonds. The average Bonchev–Trinajstić information content (AvgIpc) is 1.65. The fourth-order valence-corrected chi connectivity index (χ4v) is 0.103. The lowest BCUT2D eigenvalue weighted by atomic mass is 10.4. The molecular weight excluding hydrogens is 102 g/mol. The van der Waals surface area contributed by atoms with Crippen molar-refractivity contribution >= 4 is 0 Å². The second-order valence-electron chi connectivity index (χ2n) is 1.06. The van der Waals surface area contributed by atoms with Crippen LogP contribution in [-0.4, -0.2) is 17.6 Å². The summed E-state index contributed by atoms with van der Waals surface area (Å²) in [4.78, 5) is 0. The Labute approximate surface area is 40.3 Å². The minimum absolute atomic E-state index is 0.796. The van der Waals surface area contributed by atoms with Gasteiger partial charge >= 0.3 is 0 Å². The second kappa shape index (κ2) is 2.69. The molecule has 0 bridgehead atoms. The van der Waals surface area contributed by atoms with E-state index in [1.165, 1.54) is 0 Å². The summed E-state index contributed by atoms with van der Waals surface area (Å²) in [6.07, 6.45) is -3.57. The van der Waals surface area contributed by atoms with Crippen LogP contribution >= 0.6 is 0 Å². The summed E-state index contributed by atoms with van der Waals surface area (Å²) in [6, 6.07) is 0. The number of rotatable bonds is 2. The Morgan fingerprint density at radius 2 is 2.00 bits per heavy atom. The molecule has 1 nitrogen and oxygen atoms in total. The molecule has 1 atom stereocenters. The van der Waals surface area contributed by atoms with Crippen molar-refractivity contribution < 1.29 is 13.9 Å². The van der Waals surface area contributed by atoms with Gasteiger partial charge in [-0.3, -0.25) is 0 Å². The van der Waals surface area contributed by atoms with E-state index in [9.17, 15) is 8.78 Å². The maximum Gasteiger partial charge on any atom is 0.267 e. The zero-order chi connectivity index (χ0) is 5.86. The van der Waals surface area contributed by atoms with Crippen LogP contribution in [0.3, 0.4) is 0 Å². The fourth-order valence-electron chi connectivity index (χ4n) is 0.103. The number of hydrogen-bond acceptors (Lipinski definition) is 1. The third-order valence-corrected chi connectivity index (χ3v) is 0.500. The molecule has 0 aromatic heterocycles. The highest BCUT2D eigenvalue weighted by Crippen LogP contribution is 1.99. The highest BCUT2D eigenvalue weighted by Gasteiger charge is 2.10. The van der Waals surface area contributed by atoms with E-state index in [-0.39, 0.29) is 0 Å². The first-order valence-corrected chi connectivity index (χ1v) is 1.77. The average molecular weight is 108 g/mol. The number of aliphatic hydroxyl groups excluding tert-OH is 1. The zero-order valence-corrected chi connectivity index (χ0v) is 3.64. The smallest absolute Gasteiger partial charge is 0.267 e. The van der Waals surface area contributed by atoms with Gasteiger partial charge in [-0.25, -0.2) is 8.78 Å². The van der Waals surface area contributed by atoms with Crippen molar-refractivity contribution in [3.8, 4) is 0 Å². The summed E-state index contributed by atoms with van der Waals surface area (Å²) in [6.45, 7) is 2.95. The van der Waals surface area contributed by atoms with Crippen LogP contribution in [0.25, 0.3) is 0 Å². The Morgan fingerprint density at radius 1 is 1.57 bits per heavy atom. The summed E-state index contributed by atoms with van der Waals surface area (Å²) in [5.41, 5.74) is 0. The van der Waals surface area contributed by atoms with Crippen LogP contribution in [0.5, 0.6) is 0 Å². The van der Waals surface area contributed by atoms with Gasteiger partial charge in [0.15, 0.2) is 0 Å². The van der Waals surface area contributed by atoms with E-state index < -0.39 is 12.5 Å². The molecule has 0 aliphatic heterocycles. The third kappa shape index (κ3) is 2.28. The quantitative estimate of drug-likeness (QED) is 0.519. The minimum Gasteiger partial charge on any atom is -0.383 e. The molecule has 1 unspecified atom stereocenters. The topological polar surface area (TPSA) is 20.2 Å². The van der Waals surface area contributed by atoms with E-state index >= 15 is 0 Å². The monoisotopic (exact) mass is 108 g/mol. The van der Waals surface area contributed by atoms with E-state index in [1.54, 1.807) is 0 Å². The maximum absolute atomic E-state index is 11.1. The Bertz CT molecular complexity index is 62.7. The molecule has 0 radical (unpaired) electrons. The van der Waals surface area contributed by atoms with E-state index in [4.69, 9.17) is 5.11 Å². The van der Waals surface area contributed by atoms with Gasteiger partial charge in [-0.15, -0.1) is 6.58 Å². The maximum atomic E-state index is 11.1. The summed E-state index contributed by atoms with van der Waals surface area (Å²) >= 11 is 0. The molecule has 7 heavy (non-hydrogen) atoms. The molecular formula is C4H6F2O. The third-order valence-electron chi connectivity index (χ3n) is 0.500. The van der Waals surface area contributed by atoms with Crippen LogP contribution in [0.15, 0.2) is 12.7 Å². The van der Waals surface area contributed by atoms with Crippen LogP contribution in [-0.2, 0) is 0 Å². The minimum atomic E-state index is -2.70. The summed E-state index contributed by atoms with van der Waals surface area (Å²) in [5.74, 6) is 0. The highest BCUT2D eigenvalue weighted by atomic mass is 19.3. The Kier molecular flexibility index (Phi) is 2.52. The standard InChI is InChI=1S/C4H6F2O/c1-2-3(7)4(5)6/h2-4,7H,1H2. The molecule has 0 aliphatic carbocycles. The van der Waals surface area contributed by atoms with Gasteiger partial charge in [-0.1, -0.05) is 6.08 Å². The van der Waals surface area contributed by atoms with Crippen molar-refractivity contribution in [2.45, 2.75) is 12.5 Å². The van der Waals surface area contributed by atoms with Crippen molar-refractivity contribution in [3.05, 3.63) is 12.7 Å². The van der Waals surface area contributed by atoms with Gasteiger partial charge in [-0.2, -0.15) is 0 Å². The van der Waals surface area contributed by atoms with Gasteiger partial charge in [0.2, 0.25) is 0 Å². The molecule has 0 fully saturated rings. The Morgan fingerprint density at radius 3 is 2.00 bits per heavy atom. The zero-order valence-electron chi connectivity index (χ0n) is 3.64. The van der Waals surface area contributed by atoms with E-state index in [2.05, 4.69) is 6.58 Å². The first kappa shape index (κ1) is 6.56. The molecule has 0 aromatic rings. The fraction of sp³-hybridized carbons (Fsp3) is 0.500. The van der Waals surface area contributed by atoms with Crippen LogP contribution in [0.4, 0.5) is 8.78 Å². The number of aliphatic hydroxyl groups is 1. The molecule has 0 aliphatic rings. The number of alkyl halides is 2. The molecule has 0 rings (SSSR count). The lowest BCUT2D eigenvalue weighted by Gasteiger charge is -1.98.